The molecule has 2 N–H and O–H groups in total. The van der Waals surface area contributed by atoms with E-state index in [0.717, 1.165) is 5.69 Å². The molecular formula is C18H25N2O6P. The molecule has 0 fully saturated rings. The third kappa shape index (κ3) is 5.05. The summed E-state index contributed by atoms with van der Waals surface area (Å²) in [4.78, 5) is 3.97. The Balaban J connectivity index is 2.35. The summed E-state index contributed by atoms with van der Waals surface area (Å²) in [6, 6.07) is 6.41. The number of nitrogens with one attached hydrogen (secondary N) is 1. The van der Waals surface area contributed by atoms with Gasteiger partial charge in [-0.05, 0) is 25.5 Å². The van der Waals surface area contributed by atoms with Crippen LogP contribution < -0.4 is 19.3 Å². The number of nitrogens with zero attached hydrogens (tertiary/aromatic N) is 1. The Morgan fingerprint density at radius 2 is 1.74 bits per heavy atom. The lowest BCUT2D eigenvalue weighted by Gasteiger charge is -2.27. The highest BCUT2D eigenvalue weighted by atomic mass is 31.2. The van der Waals surface area contributed by atoms with Gasteiger partial charge in [-0.25, -0.2) is 4.57 Å². The maximum absolute atomic E-state index is 13.5. The van der Waals surface area contributed by atoms with Crippen LogP contribution in [0.5, 0.6) is 23.0 Å². The van der Waals surface area contributed by atoms with Crippen molar-refractivity contribution in [2.45, 2.75) is 26.1 Å². The second kappa shape index (κ2) is 9.48. The first-order valence-corrected chi connectivity index (χ1v) is 10.1. The van der Waals surface area contributed by atoms with Crippen LogP contribution in [-0.2, 0) is 9.09 Å². The molecule has 148 valence electrons. The number of aromatic nitrogens is 1. The molecule has 0 spiro atoms. The highest BCUT2D eigenvalue weighted by molar-refractivity contribution is 7.55. The predicted molar refractivity (Wildman–Crippen MR) is 103 cm³/mol. The molecule has 1 heterocycles. The summed E-state index contributed by atoms with van der Waals surface area (Å²) in [5.41, 5.74) is 0.751. The average Bonchev–Trinajstić information content (AvgIpc) is 2.68. The van der Waals surface area contributed by atoms with E-state index >= 15 is 0 Å². The Kier molecular flexibility index (Phi) is 7.33. The zero-order valence-electron chi connectivity index (χ0n) is 15.8. The van der Waals surface area contributed by atoms with Crippen molar-refractivity contribution in [3.63, 3.8) is 0 Å². The highest BCUT2D eigenvalue weighted by Gasteiger charge is 2.37. The quantitative estimate of drug-likeness (QED) is 0.575. The molecule has 0 aliphatic rings. The lowest BCUT2D eigenvalue weighted by molar-refractivity contribution is 0.270. The first-order chi connectivity index (χ1) is 13.0. The first-order valence-electron chi connectivity index (χ1n) is 8.52. The van der Waals surface area contributed by atoms with Gasteiger partial charge < -0.3 is 24.4 Å². The smallest absolute Gasteiger partial charge is 0.401 e. The van der Waals surface area contributed by atoms with Crippen molar-refractivity contribution in [2.75, 3.05) is 26.1 Å². The van der Waals surface area contributed by atoms with E-state index in [4.69, 9.17) is 18.5 Å². The summed E-state index contributed by atoms with van der Waals surface area (Å²) in [7, 11) is -0.811. The van der Waals surface area contributed by atoms with E-state index in [-0.39, 0.29) is 29.6 Å². The van der Waals surface area contributed by atoms with Gasteiger partial charge in [-0.1, -0.05) is 6.92 Å². The summed E-state index contributed by atoms with van der Waals surface area (Å²) in [5, 5.41) is 13.2. The van der Waals surface area contributed by atoms with Crippen LogP contribution in [0.4, 0.5) is 5.69 Å². The number of anilines is 1. The molecule has 9 heteroatoms. The molecule has 1 aromatic carbocycles. The fourth-order valence-electron chi connectivity index (χ4n) is 2.47. The Labute approximate surface area is 159 Å². The second-order valence-electron chi connectivity index (χ2n) is 5.53. The van der Waals surface area contributed by atoms with Gasteiger partial charge in [0.15, 0.2) is 11.5 Å². The average molecular weight is 396 g/mol. The monoisotopic (exact) mass is 396 g/mol. The van der Waals surface area contributed by atoms with Gasteiger partial charge in [0.2, 0.25) is 5.75 Å². The zero-order chi connectivity index (χ0) is 19.9. The molecule has 1 aromatic heterocycles. The van der Waals surface area contributed by atoms with Crippen LogP contribution in [0, 0.1) is 0 Å². The SMILES string of the molecule is CCOP(=O)(Oc1cc(OC)c(O)c(OC)c1)C(CC)Nc1ccncc1. The number of phenolic OH excluding ortho intramolecular Hbond substituents is 1. The minimum atomic E-state index is -3.62. The minimum Gasteiger partial charge on any atom is -0.502 e. The van der Waals surface area contributed by atoms with E-state index < -0.39 is 13.4 Å². The van der Waals surface area contributed by atoms with Crippen molar-refractivity contribution in [2.24, 2.45) is 0 Å². The largest absolute Gasteiger partial charge is 0.502 e. The van der Waals surface area contributed by atoms with E-state index in [1.807, 2.05) is 6.92 Å². The Morgan fingerprint density at radius 1 is 1.15 bits per heavy atom. The van der Waals surface area contributed by atoms with Gasteiger partial charge in [0.1, 0.15) is 11.5 Å². The van der Waals surface area contributed by atoms with Gasteiger partial charge in [-0.3, -0.25) is 9.51 Å². The molecule has 0 aliphatic carbocycles. The summed E-state index contributed by atoms with van der Waals surface area (Å²) in [6.07, 6.45) is 3.76. The lowest BCUT2D eigenvalue weighted by Crippen LogP contribution is -2.23. The molecule has 0 saturated carbocycles. The van der Waals surface area contributed by atoms with Crippen LogP contribution in [0.2, 0.25) is 0 Å². The van der Waals surface area contributed by atoms with Crippen molar-refractivity contribution in [3.8, 4) is 23.0 Å². The van der Waals surface area contributed by atoms with Crippen molar-refractivity contribution in [3.05, 3.63) is 36.7 Å². The number of ether oxygens (including phenoxy) is 2. The summed E-state index contributed by atoms with van der Waals surface area (Å²) in [6.45, 7) is 3.83. The molecule has 0 amide bonds. The third-order valence-corrected chi connectivity index (χ3v) is 6.12. The van der Waals surface area contributed by atoms with Crippen LogP contribution >= 0.6 is 7.60 Å². The molecule has 2 aromatic rings. The molecule has 27 heavy (non-hydrogen) atoms. The molecule has 2 unspecified atom stereocenters. The first kappa shape index (κ1) is 20.9. The van der Waals surface area contributed by atoms with E-state index in [0.29, 0.717) is 6.42 Å². The molecule has 0 aliphatic heterocycles. The minimum absolute atomic E-state index is 0.141. The number of methoxy groups -OCH3 is 2. The van der Waals surface area contributed by atoms with Crippen LogP contribution in [0.25, 0.3) is 0 Å². The van der Waals surface area contributed by atoms with Gasteiger partial charge in [0.05, 0.1) is 20.8 Å². The van der Waals surface area contributed by atoms with Crippen molar-refractivity contribution < 1.29 is 28.2 Å². The molecule has 2 atom stereocenters. The van der Waals surface area contributed by atoms with Crippen molar-refractivity contribution in [1.82, 2.24) is 4.98 Å². The van der Waals surface area contributed by atoms with Gasteiger partial charge in [-0.2, -0.15) is 0 Å². The normalized spacial score (nSPS) is 14.1. The molecule has 0 saturated heterocycles. The molecule has 2 rings (SSSR count). The lowest BCUT2D eigenvalue weighted by atomic mass is 10.3. The van der Waals surface area contributed by atoms with E-state index in [1.165, 1.54) is 26.4 Å². The highest BCUT2D eigenvalue weighted by Crippen LogP contribution is 2.55. The van der Waals surface area contributed by atoms with Gasteiger partial charge >= 0.3 is 7.60 Å². The van der Waals surface area contributed by atoms with Crippen LogP contribution in [0.15, 0.2) is 36.7 Å². The van der Waals surface area contributed by atoms with Crippen molar-refractivity contribution >= 4 is 13.3 Å². The molecule has 0 bridgehead atoms. The number of hydrogen-bond acceptors (Lipinski definition) is 8. The van der Waals surface area contributed by atoms with Gasteiger partial charge in [-0.15, -0.1) is 0 Å². The Hall–Kier alpha value is -2.44. The van der Waals surface area contributed by atoms with Gasteiger partial charge in [0.25, 0.3) is 0 Å². The Bertz CT molecular complexity index is 762. The predicted octanol–water partition coefficient (Wildman–Crippen LogP) is 4.26. The third-order valence-electron chi connectivity index (χ3n) is 3.78. The fraction of sp³-hybridized carbons (Fsp3) is 0.389. The second-order valence-corrected chi connectivity index (χ2v) is 7.67. The molecule has 0 radical (unpaired) electrons. The topological polar surface area (TPSA) is 99.1 Å². The standard InChI is InChI=1S/C18H25N2O6P/c1-5-17(20-13-7-9-19-10-8-13)27(22,25-6-2)26-14-11-15(23-3)18(21)16(12-14)24-4/h7-12,17,21H,5-6H2,1-4H3,(H,19,20). The number of aromatic hydroxyl groups is 1. The summed E-state index contributed by atoms with van der Waals surface area (Å²) < 4.78 is 35.1. The van der Waals surface area contributed by atoms with E-state index in [1.54, 1.807) is 31.5 Å². The maximum Gasteiger partial charge on any atom is 0.401 e. The number of rotatable bonds is 10. The number of pyridine rings is 1. The number of benzene rings is 1. The van der Waals surface area contributed by atoms with Crippen LogP contribution in [0.3, 0.4) is 0 Å². The number of hydrogen-bond donors (Lipinski definition) is 2. The van der Waals surface area contributed by atoms with Crippen LogP contribution in [-0.4, -0.2) is 36.7 Å². The maximum atomic E-state index is 13.5. The zero-order valence-corrected chi connectivity index (χ0v) is 16.7. The molecule has 8 nitrogen and oxygen atoms in total. The van der Waals surface area contributed by atoms with E-state index in [9.17, 15) is 9.67 Å². The Morgan fingerprint density at radius 3 is 2.22 bits per heavy atom. The molecular weight excluding hydrogens is 371 g/mol. The number of phenols is 1. The van der Waals surface area contributed by atoms with E-state index in [2.05, 4.69) is 10.3 Å². The van der Waals surface area contributed by atoms with Crippen LogP contribution in [0.1, 0.15) is 20.3 Å². The van der Waals surface area contributed by atoms with Gasteiger partial charge in [0, 0.05) is 30.2 Å². The van der Waals surface area contributed by atoms with Crippen molar-refractivity contribution in [1.29, 1.82) is 0 Å². The fourth-order valence-corrected chi connectivity index (χ4v) is 4.35. The summed E-state index contributed by atoms with van der Waals surface area (Å²) in [5.74, 6) is -0.274. The summed E-state index contributed by atoms with van der Waals surface area (Å²) >= 11 is 0.